The molecule has 0 aromatic rings. The van der Waals surface area contributed by atoms with Crippen LogP contribution in [0.1, 0.15) is 95.9 Å². The minimum atomic E-state index is -0.960. The van der Waals surface area contributed by atoms with Gasteiger partial charge in [0.05, 0.1) is 0 Å². The van der Waals surface area contributed by atoms with E-state index in [1.165, 1.54) is 0 Å². The molecule has 0 aromatic carbocycles. The van der Waals surface area contributed by atoms with E-state index in [4.69, 9.17) is 19.6 Å². The molecule has 2 saturated carbocycles. The molecule has 3 aliphatic rings. The van der Waals surface area contributed by atoms with E-state index in [1.54, 1.807) is 0 Å². The van der Waals surface area contributed by atoms with Gasteiger partial charge >= 0.3 is 0 Å². The van der Waals surface area contributed by atoms with Gasteiger partial charge in [0.1, 0.15) is 0 Å². The zero-order valence-corrected chi connectivity index (χ0v) is 20.4. The van der Waals surface area contributed by atoms with Crippen molar-refractivity contribution >= 4 is 0 Å². The monoisotopic (exact) mass is 396 g/mol. The van der Waals surface area contributed by atoms with Crippen LogP contribution in [0.15, 0.2) is 0 Å². The molecule has 0 amide bonds. The standard InChI is InChI=1S/C24H44O4/c1-15-13-16(2)20(7,8)23(19(15,5)6)25-27-24(28-26-23)21(9,10)17(3)14-18(4)22(24,11)12/h15-18H,13-14H2,1-12H3. The third-order valence-corrected chi connectivity index (χ3v) is 10.3. The quantitative estimate of drug-likeness (QED) is 0.425. The second kappa shape index (κ2) is 6.18. The predicted octanol–water partition coefficient (Wildman–Crippen LogP) is 6.75. The molecule has 3 fully saturated rings. The van der Waals surface area contributed by atoms with Crippen LogP contribution in [0.2, 0.25) is 0 Å². The average molecular weight is 397 g/mol. The van der Waals surface area contributed by atoms with Crippen molar-refractivity contribution < 1.29 is 19.6 Å². The van der Waals surface area contributed by atoms with Gasteiger partial charge in [0.2, 0.25) is 11.6 Å². The maximum atomic E-state index is 6.49. The molecule has 2 aliphatic carbocycles. The van der Waals surface area contributed by atoms with Crippen LogP contribution in [-0.2, 0) is 19.6 Å². The van der Waals surface area contributed by atoms with Crippen LogP contribution in [0.4, 0.5) is 0 Å². The van der Waals surface area contributed by atoms with Gasteiger partial charge in [0.15, 0.2) is 0 Å². The molecule has 4 unspecified atom stereocenters. The summed E-state index contributed by atoms with van der Waals surface area (Å²) in [7, 11) is 0. The number of hydrogen-bond donors (Lipinski definition) is 0. The lowest BCUT2D eigenvalue weighted by molar-refractivity contribution is -0.717. The molecule has 1 aliphatic heterocycles. The first-order chi connectivity index (χ1) is 12.5. The van der Waals surface area contributed by atoms with Gasteiger partial charge in [-0.3, -0.25) is 0 Å². The molecule has 2 spiro atoms. The Balaban J connectivity index is 2.06. The zero-order chi connectivity index (χ0) is 21.6. The third-order valence-electron chi connectivity index (χ3n) is 10.3. The first kappa shape index (κ1) is 22.5. The summed E-state index contributed by atoms with van der Waals surface area (Å²) in [6.07, 6.45) is 2.26. The van der Waals surface area contributed by atoms with Gasteiger partial charge in [-0.05, 0) is 36.5 Å². The highest BCUT2D eigenvalue weighted by molar-refractivity contribution is 5.10. The van der Waals surface area contributed by atoms with E-state index in [0.29, 0.717) is 23.7 Å². The highest BCUT2D eigenvalue weighted by Gasteiger charge is 2.75. The van der Waals surface area contributed by atoms with Gasteiger partial charge in [-0.1, -0.05) is 83.1 Å². The topological polar surface area (TPSA) is 36.9 Å². The minimum absolute atomic E-state index is 0.259. The molecule has 1 heterocycles. The fraction of sp³-hybridized carbons (Fsp3) is 1.00. The molecule has 3 rings (SSSR count). The van der Waals surface area contributed by atoms with Crippen LogP contribution in [0.5, 0.6) is 0 Å². The van der Waals surface area contributed by atoms with Gasteiger partial charge < -0.3 is 0 Å². The Kier molecular flexibility index (Phi) is 4.97. The van der Waals surface area contributed by atoms with Crippen molar-refractivity contribution in [3.63, 3.8) is 0 Å². The maximum Gasteiger partial charge on any atom is 0.244 e. The normalized spacial score (nSPS) is 49.3. The minimum Gasteiger partial charge on any atom is -0.194 e. The lowest BCUT2D eigenvalue weighted by Gasteiger charge is -2.67. The smallest absolute Gasteiger partial charge is 0.194 e. The van der Waals surface area contributed by atoms with Crippen LogP contribution >= 0.6 is 0 Å². The number of hydrogen-bond acceptors (Lipinski definition) is 4. The molecule has 28 heavy (non-hydrogen) atoms. The van der Waals surface area contributed by atoms with Gasteiger partial charge in [-0.25, -0.2) is 0 Å². The van der Waals surface area contributed by atoms with Crippen molar-refractivity contribution in [1.82, 2.24) is 0 Å². The lowest BCUT2D eigenvalue weighted by Crippen LogP contribution is -2.75. The number of rotatable bonds is 0. The highest BCUT2D eigenvalue weighted by atomic mass is 17.4. The molecule has 164 valence electrons. The van der Waals surface area contributed by atoms with Gasteiger partial charge in [-0.2, -0.15) is 19.6 Å². The van der Waals surface area contributed by atoms with Crippen LogP contribution in [0, 0.1) is 45.3 Å². The summed E-state index contributed by atoms with van der Waals surface area (Å²) in [5.74, 6) is -0.246. The molecule has 4 atom stereocenters. The summed E-state index contributed by atoms with van der Waals surface area (Å²) in [5, 5.41) is 0. The van der Waals surface area contributed by atoms with E-state index in [9.17, 15) is 0 Å². The summed E-state index contributed by atoms with van der Waals surface area (Å²) in [4.78, 5) is 26.0. The Bertz CT molecular complexity index is 512. The van der Waals surface area contributed by atoms with Crippen molar-refractivity contribution in [2.24, 2.45) is 45.3 Å². The van der Waals surface area contributed by atoms with E-state index >= 15 is 0 Å². The molecule has 0 bridgehead atoms. The first-order valence-corrected chi connectivity index (χ1v) is 11.2. The van der Waals surface area contributed by atoms with Gasteiger partial charge in [-0.15, -0.1) is 0 Å². The Morgan fingerprint density at radius 1 is 0.429 bits per heavy atom. The predicted molar refractivity (Wildman–Crippen MR) is 111 cm³/mol. The summed E-state index contributed by atoms with van der Waals surface area (Å²) in [5.41, 5.74) is -1.04. The summed E-state index contributed by atoms with van der Waals surface area (Å²) in [6, 6.07) is 0. The SMILES string of the molecule is CC1CC(C)C(C)(C)C2(OOC3(OO2)C(C)(C)C(C)CC(C)C3(C)C)C1(C)C. The van der Waals surface area contributed by atoms with E-state index in [1.807, 2.05) is 0 Å². The fourth-order valence-corrected chi connectivity index (χ4v) is 6.32. The van der Waals surface area contributed by atoms with Gasteiger partial charge in [0.25, 0.3) is 0 Å². The fourth-order valence-electron chi connectivity index (χ4n) is 6.32. The summed E-state index contributed by atoms with van der Waals surface area (Å²) < 4.78 is 0. The van der Waals surface area contributed by atoms with E-state index in [2.05, 4.69) is 83.1 Å². The molecule has 0 N–H and O–H groups in total. The molecule has 0 aromatic heterocycles. The van der Waals surface area contributed by atoms with Crippen molar-refractivity contribution in [2.75, 3.05) is 0 Å². The average Bonchev–Trinajstić information content (AvgIpc) is 2.58. The highest BCUT2D eigenvalue weighted by Crippen LogP contribution is 2.68. The Morgan fingerprint density at radius 2 is 0.607 bits per heavy atom. The third kappa shape index (κ3) is 2.38. The second-order valence-corrected chi connectivity index (χ2v) is 12.5. The summed E-state index contributed by atoms with van der Waals surface area (Å²) in [6.45, 7) is 26.9. The second-order valence-electron chi connectivity index (χ2n) is 12.5. The van der Waals surface area contributed by atoms with E-state index < -0.39 is 11.6 Å². The van der Waals surface area contributed by atoms with Crippen LogP contribution in [-0.4, -0.2) is 11.6 Å². The Labute approximate surface area is 172 Å². The van der Waals surface area contributed by atoms with Crippen LogP contribution in [0.25, 0.3) is 0 Å². The van der Waals surface area contributed by atoms with E-state index in [0.717, 1.165) is 12.8 Å². The Hall–Kier alpha value is -0.160. The van der Waals surface area contributed by atoms with Crippen molar-refractivity contribution in [3.05, 3.63) is 0 Å². The van der Waals surface area contributed by atoms with Crippen LogP contribution in [0.3, 0.4) is 0 Å². The summed E-state index contributed by atoms with van der Waals surface area (Å²) >= 11 is 0. The molecular formula is C24H44O4. The largest absolute Gasteiger partial charge is 0.244 e. The van der Waals surface area contributed by atoms with Crippen molar-refractivity contribution in [1.29, 1.82) is 0 Å². The molecule has 0 radical (unpaired) electrons. The van der Waals surface area contributed by atoms with Crippen molar-refractivity contribution in [2.45, 2.75) is 108 Å². The molecule has 1 saturated heterocycles. The molecule has 4 nitrogen and oxygen atoms in total. The first-order valence-electron chi connectivity index (χ1n) is 11.2. The van der Waals surface area contributed by atoms with Crippen molar-refractivity contribution in [3.8, 4) is 0 Å². The Morgan fingerprint density at radius 3 is 0.786 bits per heavy atom. The van der Waals surface area contributed by atoms with Gasteiger partial charge in [0, 0.05) is 21.7 Å². The van der Waals surface area contributed by atoms with E-state index in [-0.39, 0.29) is 21.7 Å². The van der Waals surface area contributed by atoms with Crippen LogP contribution < -0.4 is 0 Å². The lowest BCUT2D eigenvalue weighted by atomic mass is 9.51. The molecule has 4 heteroatoms. The molecular weight excluding hydrogens is 352 g/mol. The zero-order valence-electron chi connectivity index (χ0n) is 20.4. The maximum absolute atomic E-state index is 6.49.